The molecule has 3 rings (SSSR count). The molecule has 3 heterocycles. The molecule has 0 spiro atoms. The Bertz CT molecular complexity index is 633. The first kappa shape index (κ1) is 8.84. The average molecular weight is 212 g/mol. The van der Waals surface area contributed by atoms with E-state index in [0.717, 1.165) is 5.56 Å². The summed E-state index contributed by atoms with van der Waals surface area (Å²) in [4.78, 5) is 8.27. The van der Waals surface area contributed by atoms with Gasteiger partial charge in [0.05, 0.1) is 6.20 Å². The van der Waals surface area contributed by atoms with E-state index < -0.39 is 0 Å². The van der Waals surface area contributed by atoms with Gasteiger partial charge in [-0.05, 0) is 24.3 Å². The summed E-state index contributed by atoms with van der Waals surface area (Å²) in [6.45, 7) is 0. The molecule has 0 saturated heterocycles. The molecule has 0 fully saturated rings. The van der Waals surface area contributed by atoms with E-state index in [0.29, 0.717) is 11.5 Å². The van der Waals surface area contributed by atoms with Gasteiger partial charge in [-0.15, -0.1) is 5.10 Å². The van der Waals surface area contributed by atoms with E-state index in [4.69, 9.17) is 0 Å². The Morgan fingerprint density at radius 1 is 1.06 bits per heavy atom. The third-order valence-corrected chi connectivity index (χ3v) is 2.25. The van der Waals surface area contributed by atoms with E-state index >= 15 is 0 Å². The SMILES string of the molecule is Oc1ccc2nc(-c3ccncc3)nn2c1. The molecule has 3 aromatic rings. The van der Waals surface area contributed by atoms with Crippen LogP contribution in [0.4, 0.5) is 0 Å². The topological polar surface area (TPSA) is 63.3 Å². The monoisotopic (exact) mass is 212 g/mol. The fraction of sp³-hybridized carbons (Fsp3) is 0. The third-order valence-electron chi connectivity index (χ3n) is 2.25. The maximum absolute atomic E-state index is 9.31. The van der Waals surface area contributed by atoms with E-state index in [1.54, 1.807) is 29.0 Å². The molecule has 78 valence electrons. The predicted octanol–water partition coefficient (Wildman–Crippen LogP) is 1.50. The predicted molar refractivity (Wildman–Crippen MR) is 57.9 cm³/mol. The molecule has 5 nitrogen and oxygen atoms in total. The smallest absolute Gasteiger partial charge is 0.182 e. The second-order valence-electron chi connectivity index (χ2n) is 3.36. The largest absolute Gasteiger partial charge is 0.506 e. The van der Waals surface area contributed by atoms with E-state index in [1.807, 2.05) is 12.1 Å². The molecule has 0 aliphatic heterocycles. The van der Waals surface area contributed by atoms with Crippen molar-refractivity contribution >= 4 is 5.65 Å². The van der Waals surface area contributed by atoms with Gasteiger partial charge in [-0.2, -0.15) is 0 Å². The molecule has 1 N–H and O–H groups in total. The Balaban J connectivity index is 2.19. The van der Waals surface area contributed by atoms with Crippen molar-refractivity contribution in [1.82, 2.24) is 19.6 Å². The van der Waals surface area contributed by atoms with Crippen LogP contribution in [0.3, 0.4) is 0 Å². The first-order valence-corrected chi connectivity index (χ1v) is 4.79. The number of nitrogens with zero attached hydrogens (tertiary/aromatic N) is 4. The quantitative estimate of drug-likeness (QED) is 0.663. The van der Waals surface area contributed by atoms with Gasteiger partial charge in [-0.1, -0.05) is 0 Å². The van der Waals surface area contributed by atoms with Crippen LogP contribution in [0.5, 0.6) is 5.75 Å². The first-order valence-electron chi connectivity index (χ1n) is 4.79. The Morgan fingerprint density at radius 3 is 2.69 bits per heavy atom. The molecule has 3 aromatic heterocycles. The molecule has 5 heteroatoms. The lowest BCUT2D eigenvalue weighted by atomic mass is 10.3. The summed E-state index contributed by atoms with van der Waals surface area (Å²) in [6.07, 6.45) is 4.91. The first-order chi connectivity index (χ1) is 7.83. The lowest BCUT2D eigenvalue weighted by Crippen LogP contribution is -1.85. The van der Waals surface area contributed by atoms with E-state index in [9.17, 15) is 5.11 Å². The van der Waals surface area contributed by atoms with E-state index in [2.05, 4.69) is 15.1 Å². The van der Waals surface area contributed by atoms with Gasteiger partial charge in [0.15, 0.2) is 11.5 Å². The van der Waals surface area contributed by atoms with Gasteiger partial charge in [0, 0.05) is 18.0 Å². The van der Waals surface area contributed by atoms with Crippen molar-refractivity contribution in [2.45, 2.75) is 0 Å². The molecule has 0 aliphatic carbocycles. The maximum Gasteiger partial charge on any atom is 0.182 e. The van der Waals surface area contributed by atoms with Gasteiger partial charge in [-0.3, -0.25) is 4.98 Å². The summed E-state index contributed by atoms with van der Waals surface area (Å²) >= 11 is 0. The third kappa shape index (κ3) is 1.38. The number of rotatable bonds is 1. The molecule has 0 radical (unpaired) electrons. The molecule has 0 amide bonds. The molecule has 0 atom stereocenters. The highest BCUT2D eigenvalue weighted by Crippen LogP contribution is 2.16. The van der Waals surface area contributed by atoms with Crippen LogP contribution in [-0.2, 0) is 0 Å². The zero-order valence-electron chi connectivity index (χ0n) is 8.28. The van der Waals surface area contributed by atoms with Crippen molar-refractivity contribution < 1.29 is 5.11 Å². The average Bonchev–Trinajstić information content (AvgIpc) is 2.73. The van der Waals surface area contributed by atoms with Crippen LogP contribution >= 0.6 is 0 Å². The highest BCUT2D eigenvalue weighted by molar-refractivity contribution is 5.57. The van der Waals surface area contributed by atoms with Gasteiger partial charge in [-0.25, -0.2) is 9.50 Å². The molecule has 16 heavy (non-hydrogen) atoms. The molecule has 0 unspecified atom stereocenters. The van der Waals surface area contributed by atoms with Gasteiger partial charge in [0.2, 0.25) is 0 Å². The molecule has 0 aromatic carbocycles. The molecule has 0 saturated carbocycles. The number of hydrogen-bond acceptors (Lipinski definition) is 4. The van der Waals surface area contributed by atoms with Crippen LogP contribution in [0.25, 0.3) is 17.0 Å². The minimum atomic E-state index is 0.165. The summed E-state index contributed by atoms with van der Waals surface area (Å²) < 4.78 is 1.55. The summed E-state index contributed by atoms with van der Waals surface area (Å²) in [5.74, 6) is 0.784. The summed E-state index contributed by atoms with van der Waals surface area (Å²) in [7, 11) is 0. The van der Waals surface area contributed by atoms with E-state index in [-0.39, 0.29) is 5.75 Å². The summed E-state index contributed by atoms with van der Waals surface area (Å²) in [6, 6.07) is 6.98. The second-order valence-corrected chi connectivity index (χ2v) is 3.36. The van der Waals surface area contributed by atoms with E-state index in [1.165, 1.54) is 6.20 Å². The normalized spacial score (nSPS) is 10.8. The number of pyridine rings is 2. The van der Waals surface area contributed by atoms with Gasteiger partial charge in [0.1, 0.15) is 5.75 Å². The standard InChI is InChI=1S/C11H8N4O/c16-9-1-2-10-13-11(14-15(10)7-9)8-3-5-12-6-4-8/h1-7,16H. The Kier molecular flexibility index (Phi) is 1.83. The van der Waals surface area contributed by atoms with Gasteiger partial charge >= 0.3 is 0 Å². The van der Waals surface area contributed by atoms with Crippen LogP contribution < -0.4 is 0 Å². The lowest BCUT2D eigenvalue weighted by molar-refractivity contribution is 0.470. The highest BCUT2D eigenvalue weighted by Gasteiger charge is 2.05. The van der Waals surface area contributed by atoms with Crippen LogP contribution in [-0.4, -0.2) is 24.7 Å². The van der Waals surface area contributed by atoms with Crippen molar-refractivity contribution in [1.29, 1.82) is 0 Å². The van der Waals surface area contributed by atoms with Crippen molar-refractivity contribution in [3.63, 3.8) is 0 Å². The summed E-state index contributed by atoms with van der Waals surface area (Å²) in [5.41, 5.74) is 1.60. The Hall–Kier alpha value is -2.43. The van der Waals surface area contributed by atoms with Crippen molar-refractivity contribution in [3.05, 3.63) is 42.9 Å². The Morgan fingerprint density at radius 2 is 1.88 bits per heavy atom. The molecule has 0 aliphatic rings. The maximum atomic E-state index is 9.31. The fourth-order valence-corrected chi connectivity index (χ4v) is 1.50. The van der Waals surface area contributed by atoms with Gasteiger partial charge < -0.3 is 5.11 Å². The molecule has 0 bridgehead atoms. The van der Waals surface area contributed by atoms with Gasteiger partial charge in [0.25, 0.3) is 0 Å². The van der Waals surface area contributed by atoms with Crippen molar-refractivity contribution in [2.75, 3.05) is 0 Å². The number of hydrogen-bond donors (Lipinski definition) is 1. The minimum absolute atomic E-state index is 0.165. The number of fused-ring (bicyclic) bond motifs is 1. The molecular weight excluding hydrogens is 204 g/mol. The minimum Gasteiger partial charge on any atom is -0.506 e. The summed E-state index contributed by atoms with van der Waals surface area (Å²) in [5, 5.41) is 13.6. The second kappa shape index (κ2) is 3.30. The Labute approximate surface area is 91.0 Å². The number of aromatic hydroxyl groups is 1. The van der Waals surface area contributed by atoms with Crippen LogP contribution in [0.15, 0.2) is 42.9 Å². The van der Waals surface area contributed by atoms with Crippen LogP contribution in [0, 0.1) is 0 Å². The van der Waals surface area contributed by atoms with Crippen LogP contribution in [0.2, 0.25) is 0 Å². The van der Waals surface area contributed by atoms with Crippen LogP contribution in [0.1, 0.15) is 0 Å². The molecular formula is C11H8N4O. The lowest BCUT2D eigenvalue weighted by Gasteiger charge is -1.91. The zero-order valence-corrected chi connectivity index (χ0v) is 8.28. The highest BCUT2D eigenvalue weighted by atomic mass is 16.3. The fourth-order valence-electron chi connectivity index (χ4n) is 1.50. The van der Waals surface area contributed by atoms with Crippen molar-refractivity contribution in [2.24, 2.45) is 0 Å². The number of aromatic nitrogens is 4. The zero-order chi connectivity index (χ0) is 11.0. The van der Waals surface area contributed by atoms with Crippen molar-refractivity contribution in [3.8, 4) is 17.1 Å².